The monoisotopic (exact) mass is 493 g/mol. The van der Waals surface area contributed by atoms with Crippen LogP contribution in [0, 0.1) is 0 Å². The Balaban J connectivity index is 1.83. The minimum Gasteiger partial charge on any atom is -0.388 e. The molecule has 3 aliphatic rings. The first-order valence-corrected chi connectivity index (χ1v) is 12.5. The molecule has 6 unspecified atom stereocenters. The lowest BCUT2D eigenvalue weighted by Gasteiger charge is -2.38. The van der Waals surface area contributed by atoms with Crippen molar-refractivity contribution < 1.29 is 43.2 Å². The Labute approximate surface area is 191 Å². The lowest BCUT2D eigenvalue weighted by Crippen LogP contribution is -2.56. The fourth-order valence-corrected chi connectivity index (χ4v) is 5.19. The number of hydrogen-bond donors (Lipinski definition) is 6. The Morgan fingerprint density at radius 1 is 1.24 bits per heavy atom. The normalized spacial score (nSPS) is 32.3. The zero-order valence-corrected chi connectivity index (χ0v) is 20.2. The Bertz CT molecular complexity index is 900. The van der Waals surface area contributed by atoms with Crippen LogP contribution in [0.3, 0.4) is 0 Å². The van der Waals surface area contributed by atoms with Gasteiger partial charge < -0.3 is 35.6 Å². The fraction of sp³-hybridized carbons (Fsp3) is 0.750. The van der Waals surface area contributed by atoms with Crippen LogP contribution in [-0.4, -0.2) is 72.8 Å². The second-order valence-electron chi connectivity index (χ2n) is 9.20. The fourth-order valence-electron chi connectivity index (χ4n) is 4.11. The minimum absolute atomic E-state index is 0.0842. The van der Waals surface area contributed by atoms with Gasteiger partial charge in [0.2, 0.25) is 0 Å². The second-order valence-corrected chi connectivity index (χ2v) is 11.5. The van der Waals surface area contributed by atoms with E-state index in [0.29, 0.717) is 11.1 Å². The molecular weight excluding hydrogens is 460 g/mol. The molecule has 33 heavy (non-hydrogen) atoms. The summed E-state index contributed by atoms with van der Waals surface area (Å²) in [5.74, 6) is -0.577. The molecule has 11 nitrogen and oxygen atoms in total. The van der Waals surface area contributed by atoms with Crippen molar-refractivity contribution in [1.82, 2.24) is 15.5 Å². The summed E-state index contributed by atoms with van der Waals surface area (Å²) in [7, 11) is -4.48. The smallest absolute Gasteiger partial charge is 0.359 e. The van der Waals surface area contributed by atoms with Gasteiger partial charge in [-0.05, 0) is 33.6 Å². The number of aliphatic hydroxyl groups is 3. The molecule has 0 aromatic carbocycles. The average Bonchev–Trinajstić information content (AvgIpc) is 3.15. The standard InChI is InChI=1S/C20H33FN3O8P/c1-6-20(7-2,32-33(29,30)19(4,5)28)8-12-13(25)14(26)17(31-12)24-9-11-10(3)15(21)22-16(11)23-18(24)27/h9,12-14,16-17,22,25-26,28H,6-8H2,1-5H3,(H,23,27)(H,29,30). The van der Waals surface area contributed by atoms with E-state index in [4.69, 9.17) is 9.26 Å². The minimum atomic E-state index is -4.48. The molecule has 3 heterocycles. The van der Waals surface area contributed by atoms with Gasteiger partial charge in [0.05, 0.1) is 11.7 Å². The summed E-state index contributed by atoms with van der Waals surface area (Å²) in [6, 6.07) is -0.661. The third-order valence-electron chi connectivity index (χ3n) is 6.61. The number of fused-ring (bicyclic) bond motifs is 1. The van der Waals surface area contributed by atoms with Gasteiger partial charge in [0.1, 0.15) is 18.4 Å². The van der Waals surface area contributed by atoms with Crippen LogP contribution in [0.15, 0.2) is 23.3 Å². The highest BCUT2D eigenvalue weighted by Gasteiger charge is 2.52. The van der Waals surface area contributed by atoms with Gasteiger partial charge >= 0.3 is 13.6 Å². The molecule has 188 valence electrons. The zero-order valence-electron chi connectivity index (χ0n) is 19.3. The average molecular weight is 493 g/mol. The Kier molecular flexibility index (Phi) is 7.05. The van der Waals surface area contributed by atoms with E-state index in [2.05, 4.69) is 10.6 Å². The van der Waals surface area contributed by atoms with E-state index in [1.54, 1.807) is 13.8 Å². The third-order valence-corrected chi connectivity index (χ3v) is 8.62. The maximum atomic E-state index is 13.9. The zero-order chi connectivity index (χ0) is 24.9. The van der Waals surface area contributed by atoms with E-state index >= 15 is 0 Å². The number of amides is 2. The molecule has 2 amide bonds. The van der Waals surface area contributed by atoms with Crippen LogP contribution >= 0.6 is 7.60 Å². The molecule has 6 N–H and O–H groups in total. The van der Waals surface area contributed by atoms with Crippen molar-refractivity contribution in [3.63, 3.8) is 0 Å². The Morgan fingerprint density at radius 3 is 2.39 bits per heavy atom. The lowest BCUT2D eigenvalue weighted by atomic mass is 9.88. The van der Waals surface area contributed by atoms with E-state index in [1.807, 2.05) is 0 Å². The summed E-state index contributed by atoms with van der Waals surface area (Å²) in [5, 5.41) is 34.4. The highest BCUT2D eigenvalue weighted by atomic mass is 31.2. The quantitative estimate of drug-likeness (QED) is 0.217. The predicted octanol–water partition coefficient (Wildman–Crippen LogP) is 1.35. The molecule has 13 heteroatoms. The molecule has 0 aliphatic carbocycles. The molecule has 0 radical (unpaired) electrons. The molecule has 0 aromatic rings. The number of hydrogen-bond acceptors (Lipinski definition) is 8. The first kappa shape index (κ1) is 26.1. The maximum absolute atomic E-state index is 13.9. The van der Waals surface area contributed by atoms with Gasteiger partial charge in [-0.2, -0.15) is 4.39 Å². The molecule has 6 atom stereocenters. The molecule has 0 aromatic heterocycles. The Morgan fingerprint density at radius 2 is 1.85 bits per heavy atom. The molecule has 1 saturated heterocycles. The van der Waals surface area contributed by atoms with Crippen molar-refractivity contribution in [3.05, 3.63) is 23.3 Å². The van der Waals surface area contributed by atoms with Gasteiger partial charge in [-0.3, -0.25) is 14.0 Å². The molecular formula is C20H33FN3O8P. The number of aliphatic hydroxyl groups excluding tert-OH is 2. The van der Waals surface area contributed by atoms with Gasteiger partial charge in [0.25, 0.3) is 0 Å². The van der Waals surface area contributed by atoms with E-state index in [9.17, 15) is 34.0 Å². The van der Waals surface area contributed by atoms with Gasteiger partial charge in [-0.1, -0.05) is 13.8 Å². The van der Waals surface area contributed by atoms with E-state index in [1.165, 1.54) is 13.1 Å². The van der Waals surface area contributed by atoms with Crippen molar-refractivity contribution in [2.75, 3.05) is 0 Å². The summed E-state index contributed by atoms with van der Waals surface area (Å²) in [5.41, 5.74) is -0.507. The highest BCUT2D eigenvalue weighted by Crippen LogP contribution is 2.58. The van der Waals surface area contributed by atoms with Gasteiger partial charge in [-0.25, -0.2) is 4.79 Å². The Hall–Kier alpha value is -1.53. The SMILES string of the molecule is CCC(CC)(CC1OC(N2C=C3C(C)=C(F)NC3NC2=O)C(O)C1O)OP(=O)(O)C(C)(C)O. The number of ether oxygens (including phenoxy) is 1. The molecule has 0 spiro atoms. The predicted molar refractivity (Wildman–Crippen MR) is 115 cm³/mol. The largest absolute Gasteiger partial charge is 0.388 e. The van der Waals surface area contributed by atoms with Crippen molar-refractivity contribution in [3.8, 4) is 0 Å². The van der Waals surface area contributed by atoms with Gasteiger partial charge in [0, 0.05) is 23.8 Å². The summed E-state index contributed by atoms with van der Waals surface area (Å²) >= 11 is 0. The third kappa shape index (κ3) is 4.70. The summed E-state index contributed by atoms with van der Waals surface area (Å²) < 4.78 is 37.9. The summed E-state index contributed by atoms with van der Waals surface area (Å²) in [6.45, 7) is 7.32. The first-order chi connectivity index (χ1) is 15.2. The van der Waals surface area contributed by atoms with Crippen molar-refractivity contribution in [2.45, 2.75) is 95.5 Å². The second kappa shape index (κ2) is 8.92. The number of carbonyl (C=O) groups excluding carboxylic acids is 1. The van der Waals surface area contributed by atoms with Crippen molar-refractivity contribution >= 4 is 13.6 Å². The number of halogens is 1. The van der Waals surface area contributed by atoms with Gasteiger partial charge in [-0.15, -0.1) is 0 Å². The molecule has 0 saturated carbocycles. The topological polar surface area (TPSA) is 161 Å². The van der Waals surface area contributed by atoms with Crippen LogP contribution in [0.25, 0.3) is 0 Å². The lowest BCUT2D eigenvalue weighted by molar-refractivity contribution is -0.0830. The van der Waals surface area contributed by atoms with Crippen LogP contribution in [0.1, 0.15) is 53.9 Å². The molecule has 0 bridgehead atoms. The summed E-state index contributed by atoms with van der Waals surface area (Å²) in [4.78, 5) is 23.9. The van der Waals surface area contributed by atoms with E-state index in [0.717, 1.165) is 18.7 Å². The first-order valence-electron chi connectivity index (χ1n) is 10.9. The number of rotatable bonds is 8. The van der Waals surface area contributed by atoms with Crippen LogP contribution in [0.2, 0.25) is 0 Å². The summed E-state index contributed by atoms with van der Waals surface area (Å²) in [6.07, 6.45) is -4.23. The van der Waals surface area contributed by atoms with E-state index in [-0.39, 0.29) is 19.3 Å². The van der Waals surface area contributed by atoms with E-state index < -0.39 is 61.2 Å². The maximum Gasteiger partial charge on any atom is 0.359 e. The molecule has 3 aliphatic heterocycles. The van der Waals surface area contributed by atoms with Crippen LogP contribution in [0.4, 0.5) is 9.18 Å². The van der Waals surface area contributed by atoms with Gasteiger partial charge in [0.15, 0.2) is 17.5 Å². The molecule has 1 fully saturated rings. The molecule has 3 rings (SSSR count). The highest BCUT2D eigenvalue weighted by molar-refractivity contribution is 7.54. The number of urea groups is 1. The number of nitrogens with zero attached hydrogens (tertiary/aromatic N) is 1. The van der Waals surface area contributed by atoms with Crippen molar-refractivity contribution in [1.29, 1.82) is 0 Å². The number of nitrogens with one attached hydrogen (secondary N) is 2. The van der Waals surface area contributed by atoms with Crippen LogP contribution in [-0.2, 0) is 13.8 Å². The number of carbonyl (C=O) groups is 1. The van der Waals surface area contributed by atoms with Crippen LogP contribution < -0.4 is 10.6 Å². The van der Waals surface area contributed by atoms with Crippen molar-refractivity contribution in [2.24, 2.45) is 0 Å². The van der Waals surface area contributed by atoms with Crippen LogP contribution in [0.5, 0.6) is 0 Å².